The van der Waals surface area contributed by atoms with Crippen LogP contribution >= 0.6 is 11.6 Å². The van der Waals surface area contributed by atoms with Crippen molar-refractivity contribution in [2.75, 3.05) is 23.7 Å². The third-order valence-electron chi connectivity index (χ3n) is 3.99. The lowest BCUT2D eigenvalue weighted by Gasteiger charge is -2.30. The summed E-state index contributed by atoms with van der Waals surface area (Å²) < 4.78 is 6.03. The minimum absolute atomic E-state index is 0.515. The summed E-state index contributed by atoms with van der Waals surface area (Å²) in [5, 5.41) is 0.738. The van der Waals surface area contributed by atoms with Crippen LogP contribution in [0.1, 0.15) is 24.8 Å². The minimum Gasteiger partial charge on any atom is -0.487 e. The van der Waals surface area contributed by atoms with Gasteiger partial charge in [0, 0.05) is 29.9 Å². The number of nitrogen functional groups attached to an aromatic ring is 1. The van der Waals surface area contributed by atoms with Gasteiger partial charge in [-0.25, -0.2) is 0 Å². The van der Waals surface area contributed by atoms with E-state index in [-0.39, 0.29) is 0 Å². The van der Waals surface area contributed by atoms with Crippen LogP contribution in [0.15, 0.2) is 42.5 Å². The molecule has 3 nitrogen and oxygen atoms in total. The summed E-state index contributed by atoms with van der Waals surface area (Å²) in [5.74, 6) is 0.858. The van der Waals surface area contributed by atoms with Crippen LogP contribution in [-0.4, -0.2) is 13.1 Å². The quantitative estimate of drug-likeness (QED) is 0.844. The molecule has 2 N–H and O–H groups in total. The van der Waals surface area contributed by atoms with Crippen molar-refractivity contribution in [2.45, 2.75) is 25.9 Å². The van der Waals surface area contributed by atoms with E-state index >= 15 is 0 Å². The molecular formula is C18H21ClN2O. The highest BCUT2D eigenvalue weighted by atomic mass is 35.5. The summed E-state index contributed by atoms with van der Waals surface area (Å²) in [7, 11) is 0. The second kappa shape index (κ2) is 6.93. The third-order valence-corrected chi connectivity index (χ3v) is 4.24. The van der Waals surface area contributed by atoms with Gasteiger partial charge < -0.3 is 15.4 Å². The Morgan fingerprint density at radius 3 is 2.45 bits per heavy atom. The smallest absolute Gasteiger partial charge is 0.145 e. The highest BCUT2D eigenvalue weighted by molar-refractivity contribution is 6.30. The van der Waals surface area contributed by atoms with E-state index in [1.165, 1.54) is 19.3 Å². The van der Waals surface area contributed by atoms with Gasteiger partial charge in [-0.3, -0.25) is 0 Å². The molecule has 4 heteroatoms. The first-order chi connectivity index (χ1) is 10.7. The number of hydrogen-bond donors (Lipinski definition) is 1. The van der Waals surface area contributed by atoms with Crippen molar-refractivity contribution in [3.63, 3.8) is 0 Å². The molecule has 1 saturated heterocycles. The second-order valence-electron chi connectivity index (χ2n) is 5.69. The first-order valence-corrected chi connectivity index (χ1v) is 8.12. The number of rotatable bonds is 4. The first-order valence-electron chi connectivity index (χ1n) is 7.74. The van der Waals surface area contributed by atoms with E-state index in [1.54, 1.807) is 0 Å². The van der Waals surface area contributed by atoms with Crippen LogP contribution in [0.3, 0.4) is 0 Å². The van der Waals surface area contributed by atoms with Crippen molar-refractivity contribution in [1.82, 2.24) is 0 Å². The van der Waals surface area contributed by atoms with Crippen molar-refractivity contribution in [1.29, 1.82) is 0 Å². The number of piperidine rings is 1. The van der Waals surface area contributed by atoms with E-state index in [0.29, 0.717) is 6.61 Å². The van der Waals surface area contributed by atoms with E-state index in [2.05, 4.69) is 11.0 Å². The Bertz CT molecular complexity index is 621. The number of hydrogen-bond acceptors (Lipinski definition) is 3. The van der Waals surface area contributed by atoms with Crippen molar-refractivity contribution in [3.05, 3.63) is 53.1 Å². The standard InChI is InChI=1S/C18H21ClN2O/c19-15-6-4-14(5-7-15)13-22-18-12-16(20)8-9-17(18)21-10-2-1-3-11-21/h4-9,12H,1-3,10-11,13,20H2. The Labute approximate surface area is 136 Å². The van der Waals surface area contributed by atoms with Gasteiger partial charge >= 0.3 is 0 Å². The lowest BCUT2D eigenvalue weighted by atomic mass is 10.1. The number of benzene rings is 2. The molecule has 0 atom stereocenters. The zero-order valence-electron chi connectivity index (χ0n) is 12.6. The minimum atomic E-state index is 0.515. The second-order valence-corrected chi connectivity index (χ2v) is 6.13. The Morgan fingerprint density at radius 1 is 1.00 bits per heavy atom. The summed E-state index contributed by atoms with van der Waals surface area (Å²) in [5.41, 5.74) is 8.89. The predicted octanol–water partition coefficient (Wildman–Crippen LogP) is 4.49. The van der Waals surface area contributed by atoms with E-state index in [1.807, 2.05) is 36.4 Å². The summed E-state index contributed by atoms with van der Waals surface area (Å²) in [4.78, 5) is 2.39. The van der Waals surface area contributed by atoms with Gasteiger partial charge in [0.1, 0.15) is 12.4 Å². The average Bonchev–Trinajstić information content (AvgIpc) is 2.55. The third kappa shape index (κ3) is 3.66. The molecule has 0 radical (unpaired) electrons. The monoisotopic (exact) mass is 316 g/mol. The number of halogens is 1. The largest absolute Gasteiger partial charge is 0.487 e. The van der Waals surface area contributed by atoms with Crippen LogP contribution in [0, 0.1) is 0 Å². The maximum atomic E-state index is 6.03. The summed E-state index contributed by atoms with van der Waals surface area (Å²) in [6, 6.07) is 13.7. The average molecular weight is 317 g/mol. The van der Waals surface area contributed by atoms with E-state index < -0.39 is 0 Å². The van der Waals surface area contributed by atoms with Crippen molar-refractivity contribution in [3.8, 4) is 5.75 Å². The molecule has 0 bridgehead atoms. The Kier molecular flexibility index (Phi) is 4.74. The predicted molar refractivity (Wildman–Crippen MR) is 92.7 cm³/mol. The Balaban J connectivity index is 1.76. The van der Waals surface area contributed by atoms with Gasteiger partial charge in [-0.1, -0.05) is 23.7 Å². The topological polar surface area (TPSA) is 38.5 Å². The summed E-state index contributed by atoms with van der Waals surface area (Å²) in [6.45, 7) is 2.68. The van der Waals surface area contributed by atoms with E-state index in [0.717, 1.165) is 40.8 Å². The SMILES string of the molecule is Nc1ccc(N2CCCCC2)c(OCc2ccc(Cl)cc2)c1. The molecular weight excluding hydrogens is 296 g/mol. The van der Waals surface area contributed by atoms with Gasteiger partial charge in [-0.15, -0.1) is 0 Å². The molecule has 0 aromatic heterocycles. The molecule has 22 heavy (non-hydrogen) atoms. The van der Waals surface area contributed by atoms with Gasteiger partial charge in [0.25, 0.3) is 0 Å². The number of anilines is 2. The van der Waals surface area contributed by atoms with Gasteiger partial charge in [-0.05, 0) is 49.1 Å². The fourth-order valence-corrected chi connectivity index (χ4v) is 2.91. The van der Waals surface area contributed by atoms with Crippen LogP contribution in [-0.2, 0) is 6.61 Å². The summed E-state index contributed by atoms with van der Waals surface area (Å²) in [6.07, 6.45) is 3.79. The molecule has 1 aliphatic heterocycles. The van der Waals surface area contributed by atoms with Gasteiger partial charge in [0.15, 0.2) is 0 Å². The zero-order valence-corrected chi connectivity index (χ0v) is 13.4. The molecule has 1 fully saturated rings. The lowest BCUT2D eigenvalue weighted by Crippen LogP contribution is -2.29. The van der Waals surface area contributed by atoms with Crippen molar-refractivity contribution >= 4 is 23.0 Å². The molecule has 116 valence electrons. The van der Waals surface area contributed by atoms with Crippen LogP contribution in [0.2, 0.25) is 5.02 Å². The number of nitrogens with two attached hydrogens (primary N) is 1. The molecule has 1 aliphatic rings. The molecule has 0 spiro atoms. The molecule has 0 unspecified atom stereocenters. The van der Waals surface area contributed by atoms with Gasteiger partial charge in [0.2, 0.25) is 0 Å². The maximum Gasteiger partial charge on any atom is 0.145 e. The van der Waals surface area contributed by atoms with Crippen LogP contribution in [0.25, 0.3) is 0 Å². The van der Waals surface area contributed by atoms with Crippen LogP contribution in [0.4, 0.5) is 11.4 Å². The zero-order chi connectivity index (χ0) is 15.4. The van der Waals surface area contributed by atoms with Crippen molar-refractivity contribution < 1.29 is 4.74 Å². The Hall–Kier alpha value is -1.87. The number of ether oxygens (including phenoxy) is 1. The summed E-state index contributed by atoms with van der Waals surface area (Å²) >= 11 is 5.91. The highest BCUT2D eigenvalue weighted by Crippen LogP contribution is 2.33. The molecule has 2 aromatic carbocycles. The number of nitrogens with zero attached hydrogens (tertiary/aromatic N) is 1. The fourth-order valence-electron chi connectivity index (χ4n) is 2.78. The lowest BCUT2D eigenvalue weighted by molar-refractivity contribution is 0.306. The van der Waals surface area contributed by atoms with Crippen molar-refractivity contribution in [2.24, 2.45) is 0 Å². The fraction of sp³-hybridized carbons (Fsp3) is 0.333. The highest BCUT2D eigenvalue weighted by Gasteiger charge is 2.15. The molecule has 0 saturated carbocycles. The van der Waals surface area contributed by atoms with Crippen LogP contribution in [0.5, 0.6) is 5.75 Å². The maximum absolute atomic E-state index is 6.03. The molecule has 3 rings (SSSR count). The first kappa shape index (κ1) is 15.0. The van der Waals surface area contributed by atoms with Gasteiger partial charge in [0.05, 0.1) is 5.69 Å². The normalized spacial score (nSPS) is 14.9. The Morgan fingerprint density at radius 2 is 1.73 bits per heavy atom. The molecule has 0 aliphatic carbocycles. The van der Waals surface area contributed by atoms with Gasteiger partial charge in [-0.2, -0.15) is 0 Å². The van der Waals surface area contributed by atoms with Crippen LogP contribution < -0.4 is 15.4 Å². The molecule has 0 amide bonds. The van der Waals surface area contributed by atoms with E-state index in [9.17, 15) is 0 Å². The molecule has 2 aromatic rings. The van der Waals surface area contributed by atoms with E-state index in [4.69, 9.17) is 22.1 Å². The molecule has 1 heterocycles.